The minimum Gasteiger partial charge on any atom is -0.460 e. The predicted octanol–water partition coefficient (Wildman–Crippen LogP) is 2.90. The highest BCUT2D eigenvalue weighted by Gasteiger charge is 2.25. The minimum atomic E-state index is -0.609. The maximum absolute atomic E-state index is 11.4. The molecule has 1 aromatic carbocycles. The predicted molar refractivity (Wildman–Crippen MR) is 59.2 cm³/mol. The average molecular weight is 259 g/mol. The Morgan fingerprint density at radius 3 is 2.43 bits per heavy atom. The lowest BCUT2D eigenvalue weighted by Gasteiger charge is -2.14. The molecule has 0 heterocycles. The smallest absolute Gasteiger partial charge is 0.322 e. The lowest BCUT2D eigenvalue weighted by molar-refractivity contribution is -0.146. The van der Waals surface area contributed by atoms with Gasteiger partial charge in [0, 0.05) is 0 Å². The van der Waals surface area contributed by atoms with Crippen molar-refractivity contribution in [3.63, 3.8) is 0 Å². The molecule has 0 saturated heterocycles. The molecular formula is C11H13BrO2. The Morgan fingerprint density at radius 2 is 1.93 bits per heavy atom. The van der Waals surface area contributed by atoms with E-state index in [9.17, 15) is 4.79 Å². The van der Waals surface area contributed by atoms with Crippen LogP contribution in [0.2, 0.25) is 0 Å². The summed E-state index contributed by atoms with van der Waals surface area (Å²) in [4.78, 5) is 11.4. The number of hydrogen-bond donors (Lipinski definition) is 0. The van der Waals surface area contributed by atoms with Gasteiger partial charge in [-0.2, -0.15) is 0 Å². The Balaban J connectivity index is 2.46. The molecule has 0 N–H and O–H groups in total. The Kier molecular flexibility index (Phi) is 3.69. The van der Waals surface area contributed by atoms with Crippen LogP contribution in [-0.2, 0) is 16.1 Å². The van der Waals surface area contributed by atoms with Gasteiger partial charge in [-0.15, -0.1) is 0 Å². The standard InChI is InChI=1S/C11H13BrO2/c1-11(2,12)10(13)14-8-9-6-4-3-5-7-9/h3-7H,8H2,1-2H3/i8+2. The molecule has 0 atom stereocenters. The molecule has 0 aliphatic heterocycles. The molecule has 0 aliphatic rings. The number of carbonyl (C=O) groups is 1. The van der Waals surface area contributed by atoms with Crippen LogP contribution >= 0.6 is 15.9 Å². The SMILES string of the molecule is CC(C)(Br)C(=O)O[14CH2]c1ccccc1. The summed E-state index contributed by atoms with van der Waals surface area (Å²) in [7, 11) is 0. The summed E-state index contributed by atoms with van der Waals surface area (Å²) < 4.78 is 4.50. The number of alkyl halides is 1. The summed E-state index contributed by atoms with van der Waals surface area (Å²) in [6, 6.07) is 9.62. The van der Waals surface area contributed by atoms with E-state index < -0.39 is 4.32 Å². The van der Waals surface area contributed by atoms with Crippen molar-refractivity contribution in [1.29, 1.82) is 0 Å². The summed E-state index contributed by atoms with van der Waals surface area (Å²) in [6.45, 7) is 3.86. The van der Waals surface area contributed by atoms with E-state index in [-0.39, 0.29) is 5.97 Å². The Hall–Kier alpha value is -0.830. The number of ether oxygens (including phenoxy) is 1. The average Bonchev–Trinajstić information content (AvgIpc) is 2.14. The van der Waals surface area contributed by atoms with E-state index in [0.29, 0.717) is 6.61 Å². The van der Waals surface area contributed by atoms with E-state index in [1.165, 1.54) is 0 Å². The molecule has 3 heteroatoms. The molecule has 0 fully saturated rings. The fourth-order valence-electron chi connectivity index (χ4n) is 0.895. The van der Waals surface area contributed by atoms with Crippen LogP contribution in [0, 0.1) is 0 Å². The zero-order valence-electron chi connectivity index (χ0n) is 8.29. The monoisotopic (exact) mass is 258 g/mol. The van der Waals surface area contributed by atoms with Crippen molar-refractivity contribution >= 4 is 21.9 Å². The lowest BCUT2D eigenvalue weighted by Crippen LogP contribution is -2.26. The fourth-order valence-corrected chi connectivity index (χ4v) is 1.01. The van der Waals surface area contributed by atoms with E-state index in [1.807, 2.05) is 30.3 Å². The largest absolute Gasteiger partial charge is 0.460 e. The molecule has 0 spiro atoms. The zero-order valence-corrected chi connectivity index (χ0v) is 9.87. The summed E-state index contributed by atoms with van der Waals surface area (Å²) in [5, 5.41) is 0. The molecule has 76 valence electrons. The van der Waals surface area contributed by atoms with Gasteiger partial charge in [0.2, 0.25) is 0 Å². The van der Waals surface area contributed by atoms with Crippen molar-refractivity contribution in [1.82, 2.24) is 0 Å². The van der Waals surface area contributed by atoms with E-state index in [0.717, 1.165) is 5.56 Å². The van der Waals surface area contributed by atoms with E-state index in [1.54, 1.807) is 13.8 Å². The molecule has 1 aromatic rings. The highest BCUT2D eigenvalue weighted by molar-refractivity contribution is 9.10. The second kappa shape index (κ2) is 4.60. The first-order valence-electron chi connectivity index (χ1n) is 4.40. The van der Waals surface area contributed by atoms with E-state index >= 15 is 0 Å². The normalized spacial score (nSPS) is 11.1. The molecule has 0 amide bonds. The topological polar surface area (TPSA) is 26.3 Å². The van der Waals surface area contributed by atoms with Crippen molar-refractivity contribution in [3.8, 4) is 0 Å². The van der Waals surface area contributed by atoms with Crippen LogP contribution in [0.15, 0.2) is 30.3 Å². The lowest BCUT2D eigenvalue weighted by atomic mass is 10.2. The molecule has 0 saturated carbocycles. The van der Waals surface area contributed by atoms with Crippen LogP contribution in [0.1, 0.15) is 19.4 Å². The molecule has 2 nitrogen and oxygen atoms in total. The second-order valence-corrected chi connectivity index (χ2v) is 5.52. The van der Waals surface area contributed by atoms with Crippen LogP contribution in [0.25, 0.3) is 0 Å². The van der Waals surface area contributed by atoms with E-state index in [2.05, 4.69) is 15.9 Å². The highest BCUT2D eigenvalue weighted by Crippen LogP contribution is 2.18. The molecule has 0 unspecified atom stereocenters. The van der Waals surface area contributed by atoms with Crippen LogP contribution < -0.4 is 0 Å². The maximum Gasteiger partial charge on any atom is 0.322 e. The van der Waals surface area contributed by atoms with Gasteiger partial charge in [0.15, 0.2) is 0 Å². The molecule has 0 aromatic heterocycles. The van der Waals surface area contributed by atoms with Gasteiger partial charge in [-0.05, 0) is 19.4 Å². The zero-order chi connectivity index (χ0) is 10.6. The van der Waals surface area contributed by atoms with Gasteiger partial charge in [-0.1, -0.05) is 46.3 Å². The first-order chi connectivity index (χ1) is 6.50. The number of halogens is 1. The van der Waals surface area contributed by atoms with Gasteiger partial charge in [0.1, 0.15) is 10.9 Å². The van der Waals surface area contributed by atoms with Crippen LogP contribution in [-0.4, -0.2) is 10.3 Å². The maximum atomic E-state index is 11.4. The third kappa shape index (κ3) is 3.50. The first kappa shape index (κ1) is 11.2. The summed E-state index contributed by atoms with van der Waals surface area (Å²) in [5.41, 5.74) is 0.998. The Bertz CT molecular complexity index is 301. The van der Waals surface area contributed by atoms with Gasteiger partial charge in [-0.3, -0.25) is 4.79 Å². The Morgan fingerprint density at radius 1 is 1.36 bits per heavy atom. The van der Waals surface area contributed by atoms with E-state index in [4.69, 9.17) is 4.74 Å². The molecule has 0 bridgehead atoms. The summed E-state index contributed by atoms with van der Waals surface area (Å²) in [5.74, 6) is -0.249. The van der Waals surface area contributed by atoms with Crippen molar-refractivity contribution in [2.45, 2.75) is 24.8 Å². The number of rotatable bonds is 3. The van der Waals surface area contributed by atoms with Gasteiger partial charge < -0.3 is 4.74 Å². The molecule has 14 heavy (non-hydrogen) atoms. The van der Waals surface area contributed by atoms with Crippen molar-refractivity contribution in [3.05, 3.63) is 35.9 Å². The van der Waals surface area contributed by atoms with Crippen molar-refractivity contribution < 1.29 is 9.53 Å². The summed E-state index contributed by atoms with van der Waals surface area (Å²) >= 11 is 3.24. The van der Waals surface area contributed by atoms with Crippen molar-refractivity contribution in [2.24, 2.45) is 0 Å². The molecular weight excluding hydrogens is 246 g/mol. The van der Waals surface area contributed by atoms with Gasteiger partial charge >= 0.3 is 5.97 Å². The van der Waals surface area contributed by atoms with Crippen LogP contribution in [0.4, 0.5) is 0 Å². The van der Waals surface area contributed by atoms with Gasteiger partial charge in [-0.25, -0.2) is 0 Å². The third-order valence-corrected chi connectivity index (χ3v) is 2.02. The van der Waals surface area contributed by atoms with Gasteiger partial charge in [0.25, 0.3) is 0 Å². The number of esters is 1. The first-order valence-corrected chi connectivity index (χ1v) is 5.19. The highest BCUT2D eigenvalue weighted by atomic mass is 79.9. The number of benzene rings is 1. The van der Waals surface area contributed by atoms with Crippen LogP contribution in [0.3, 0.4) is 0 Å². The summed E-state index contributed by atoms with van der Waals surface area (Å²) in [6.07, 6.45) is 0. The quantitative estimate of drug-likeness (QED) is 0.616. The number of hydrogen-bond acceptors (Lipinski definition) is 2. The second-order valence-electron chi connectivity index (χ2n) is 3.53. The fraction of sp³-hybridized carbons (Fsp3) is 0.364. The minimum absolute atomic E-state index is 0.249. The van der Waals surface area contributed by atoms with Crippen LogP contribution in [0.5, 0.6) is 0 Å². The molecule has 0 radical (unpaired) electrons. The molecule has 0 aliphatic carbocycles. The Labute approximate surface area is 92.4 Å². The van der Waals surface area contributed by atoms with Crippen molar-refractivity contribution in [2.75, 3.05) is 0 Å². The van der Waals surface area contributed by atoms with Gasteiger partial charge in [0.05, 0.1) is 0 Å². The number of carbonyl (C=O) groups excluding carboxylic acids is 1. The third-order valence-electron chi connectivity index (χ3n) is 1.70. The molecule has 1 rings (SSSR count).